The SMILES string of the molecule is C=CCc1cc(C=NNC(=O)CC(=O)Nc2ccc(OC)cc2)cc(OCC)c1OCC(=O)Nc1ccc(F)cc1. The number of nitrogens with one attached hydrogen (secondary N) is 3. The van der Waals surface area contributed by atoms with E-state index in [2.05, 4.69) is 27.7 Å². The van der Waals surface area contributed by atoms with Crippen molar-refractivity contribution in [2.45, 2.75) is 19.8 Å². The molecule has 0 unspecified atom stereocenters. The van der Waals surface area contributed by atoms with Gasteiger partial charge in [-0.25, -0.2) is 9.82 Å². The van der Waals surface area contributed by atoms with E-state index < -0.39 is 30.0 Å². The third kappa shape index (κ3) is 9.81. The highest BCUT2D eigenvalue weighted by Gasteiger charge is 2.15. The second kappa shape index (κ2) is 15.4. The Morgan fingerprint density at radius 2 is 1.59 bits per heavy atom. The van der Waals surface area contributed by atoms with Crippen LogP contribution in [0, 0.1) is 5.82 Å². The van der Waals surface area contributed by atoms with E-state index in [0.717, 1.165) is 0 Å². The van der Waals surface area contributed by atoms with Crippen molar-refractivity contribution in [3.05, 3.63) is 90.3 Å². The van der Waals surface area contributed by atoms with Crippen LogP contribution in [0.2, 0.25) is 0 Å². The fourth-order valence-electron chi connectivity index (χ4n) is 3.60. The first-order valence-electron chi connectivity index (χ1n) is 12.7. The van der Waals surface area contributed by atoms with Gasteiger partial charge in [-0.15, -0.1) is 6.58 Å². The van der Waals surface area contributed by atoms with Gasteiger partial charge >= 0.3 is 0 Å². The lowest BCUT2D eigenvalue weighted by Gasteiger charge is -2.16. The van der Waals surface area contributed by atoms with Crippen molar-refractivity contribution in [3.63, 3.8) is 0 Å². The highest BCUT2D eigenvalue weighted by molar-refractivity contribution is 6.03. The number of rotatable bonds is 14. The van der Waals surface area contributed by atoms with Crippen LogP contribution in [0.4, 0.5) is 15.8 Å². The minimum atomic E-state index is -0.601. The third-order valence-corrected chi connectivity index (χ3v) is 5.39. The number of hydrogen-bond donors (Lipinski definition) is 3. The zero-order valence-corrected chi connectivity index (χ0v) is 22.7. The van der Waals surface area contributed by atoms with Crippen molar-refractivity contribution in [1.29, 1.82) is 0 Å². The van der Waals surface area contributed by atoms with Crippen molar-refractivity contribution in [2.24, 2.45) is 5.10 Å². The summed E-state index contributed by atoms with van der Waals surface area (Å²) < 4.78 is 29.7. The van der Waals surface area contributed by atoms with E-state index >= 15 is 0 Å². The van der Waals surface area contributed by atoms with Gasteiger partial charge in [0, 0.05) is 16.9 Å². The van der Waals surface area contributed by atoms with Gasteiger partial charge in [-0.2, -0.15) is 5.10 Å². The average Bonchev–Trinajstić information content (AvgIpc) is 2.94. The molecule has 3 rings (SSSR count). The van der Waals surface area contributed by atoms with E-state index in [1.165, 1.54) is 37.6 Å². The molecule has 0 aliphatic heterocycles. The Bertz CT molecular complexity index is 1390. The van der Waals surface area contributed by atoms with Crippen molar-refractivity contribution in [3.8, 4) is 17.2 Å². The van der Waals surface area contributed by atoms with Crippen molar-refractivity contribution < 1.29 is 33.0 Å². The zero-order chi connectivity index (χ0) is 29.6. The molecule has 0 atom stereocenters. The summed E-state index contributed by atoms with van der Waals surface area (Å²) in [7, 11) is 1.54. The molecule has 0 saturated heterocycles. The van der Waals surface area contributed by atoms with Crippen LogP contribution in [-0.2, 0) is 20.8 Å². The number of hydrogen-bond acceptors (Lipinski definition) is 7. The normalized spacial score (nSPS) is 10.5. The summed E-state index contributed by atoms with van der Waals surface area (Å²) >= 11 is 0. The number of carbonyl (C=O) groups is 3. The van der Waals surface area contributed by atoms with Crippen LogP contribution < -0.4 is 30.3 Å². The van der Waals surface area contributed by atoms with E-state index in [1.807, 2.05) is 0 Å². The Labute approximate surface area is 237 Å². The summed E-state index contributed by atoms with van der Waals surface area (Å²) in [5, 5.41) is 9.21. The first-order chi connectivity index (χ1) is 19.8. The van der Waals surface area contributed by atoms with Gasteiger partial charge in [0.25, 0.3) is 5.91 Å². The zero-order valence-electron chi connectivity index (χ0n) is 22.7. The van der Waals surface area contributed by atoms with Gasteiger partial charge in [-0.05, 0) is 79.6 Å². The molecule has 3 N–H and O–H groups in total. The molecule has 10 nitrogen and oxygen atoms in total. The average molecular weight is 563 g/mol. The molecule has 0 aliphatic rings. The number of hydrazone groups is 1. The topological polar surface area (TPSA) is 127 Å². The molecule has 3 aromatic carbocycles. The Kier molecular flexibility index (Phi) is 11.4. The molecular formula is C30H31FN4O6. The monoisotopic (exact) mass is 562 g/mol. The summed E-state index contributed by atoms with van der Waals surface area (Å²) in [5.74, 6) is -0.576. The molecule has 0 radical (unpaired) electrons. The van der Waals surface area contributed by atoms with E-state index in [0.29, 0.717) is 52.8 Å². The molecule has 0 heterocycles. The number of ether oxygens (including phenoxy) is 3. The van der Waals surface area contributed by atoms with Crippen LogP contribution in [0.15, 0.2) is 78.4 Å². The molecule has 214 valence electrons. The van der Waals surface area contributed by atoms with Gasteiger partial charge < -0.3 is 24.8 Å². The molecule has 11 heteroatoms. The van der Waals surface area contributed by atoms with Gasteiger partial charge in [-0.3, -0.25) is 14.4 Å². The maximum Gasteiger partial charge on any atom is 0.262 e. The van der Waals surface area contributed by atoms with Gasteiger partial charge in [0.1, 0.15) is 18.0 Å². The van der Waals surface area contributed by atoms with E-state index in [1.54, 1.807) is 49.4 Å². The lowest BCUT2D eigenvalue weighted by Crippen LogP contribution is -2.24. The summed E-state index contributed by atoms with van der Waals surface area (Å²) in [5.41, 5.74) is 4.55. The number of halogens is 1. The highest BCUT2D eigenvalue weighted by atomic mass is 19.1. The van der Waals surface area contributed by atoms with E-state index in [-0.39, 0.29) is 6.61 Å². The van der Waals surface area contributed by atoms with Gasteiger partial charge in [0.2, 0.25) is 11.8 Å². The molecule has 41 heavy (non-hydrogen) atoms. The number of allylic oxidation sites excluding steroid dienone is 1. The first-order valence-corrected chi connectivity index (χ1v) is 12.7. The summed E-state index contributed by atoms with van der Waals surface area (Å²) in [6.45, 7) is 5.58. The highest BCUT2D eigenvalue weighted by Crippen LogP contribution is 2.33. The van der Waals surface area contributed by atoms with Crippen LogP contribution in [0.5, 0.6) is 17.2 Å². The smallest absolute Gasteiger partial charge is 0.262 e. The molecule has 0 aromatic heterocycles. The molecule has 0 aliphatic carbocycles. The van der Waals surface area contributed by atoms with Gasteiger partial charge in [-0.1, -0.05) is 6.08 Å². The number of anilines is 2. The Balaban J connectivity index is 1.62. The second-order valence-corrected chi connectivity index (χ2v) is 8.52. The molecule has 3 aromatic rings. The molecular weight excluding hydrogens is 531 g/mol. The van der Waals surface area contributed by atoms with Crippen LogP contribution in [0.25, 0.3) is 0 Å². The lowest BCUT2D eigenvalue weighted by atomic mass is 10.1. The van der Waals surface area contributed by atoms with Gasteiger partial charge in [0.15, 0.2) is 18.1 Å². The van der Waals surface area contributed by atoms with Crippen molar-refractivity contribution >= 4 is 35.3 Å². The van der Waals surface area contributed by atoms with E-state index in [4.69, 9.17) is 14.2 Å². The maximum absolute atomic E-state index is 13.1. The lowest BCUT2D eigenvalue weighted by molar-refractivity contribution is -0.126. The van der Waals surface area contributed by atoms with Crippen molar-refractivity contribution in [1.82, 2.24) is 5.43 Å². The first kappa shape index (κ1) is 30.4. The van der Waals surface area contributed by atoms with Gasteiger partial charge in [0.05, 0.1) is 19.9 Å². The summed E-state index contributed by atoms with van der Waals surface area (Å²) in [6, 6.07) is 15.5. The largest absolute Gasteiger partial charge is 0.497 e. The fraction of sp³-hybridized carbons (Fsp3) is 0.200. The number of carbonyl (C=O) groups excluding carboxylic acids is 3. The van der Waals surface area contributed by atoms with Crippen LogP contribution in [0.3, 0.4) is 0 Å². The second-order valence-electron chi connectivity index (χ2n) is 8.52. The number of benzene rings is 3. The predicted octanol–water partition coefficient (Wildman–Crippen LogP) is 4.46. The number of amides is 3. The third-order valence-electron chi connectivity index (χ3n) is 5.39. The standard InChI is InChI=1S/C30H31FN4O6/c1-4-6-21-15-20(18-32-35-28(37)17-27(36)33-24-11-13-25(39-3)14-12-24)16-26(40-5-2)30(21)41-19-29(38)34-23-9-7-22(31)8-10-23/h4,7-16,18H,1,5-6,17,19H2,2-3H3,(H,33,36)(H,34,38)(H,35,37). The molecule has 0 spiro atoms. The quantitative estimate of drug-likeness (QED) is 0.115. The molecule has 3 amide bonds. The number of methoxy groups -OCH3 is 1. The Morgan fingerprint density at radius 1 is 0.927 bits per heavy atom. The molecule has 0 bridgehead atoms. The Morgan fingerprint density at radius 3 is 2.22 bits per heavy atom. The molecule has 0 saturated carbocycles. The van der Waals surface area contributed by atoms with Crippen LogP contribution >= 0.6 is 0 Å². The van der Waals surface area contributed by atoms with Crippen molar-refractivity contribution in [2.75, 3.05) is 31.0 Å². The fourth-order valence-corrected chi connectivity index (χ4v) is 3.60. The predicted molar refractivity (Wildman–Crippen MR) is 154 cm³/mol. The van der Waals surface area contributed by atoms with Crippen LogP contribution in [-0.4, -0.2) is 44.3 Å². The summed E-state index contributed by atoms with van der Waals surface area (Å²) in [4.78, 5) is 36.8. The Hall–Kier alpha value is -5.19. The van der Waals surface area contributed by atoms with Crippen LogP contribution in [0.1, 0.15) is 24.5 Å². The maximum atomic E-state index is 13.1. The van der Waals surface area contributed by atoms with E-state index in [9.17, 15) is 18.8 Å². The summed E-state index contributed by atoms with van der Waals surface area (Å²) in [6.07, 6.45) is 3.04. The molecule has 0 fully saturated rings. The minimum Gasteiger partial charge on any atom is -0.497 e. The number of nitrogens with zero attached hydrogens (tertiary/aromatic N) is 1. The minimum absolute atomic E-state index is 0.316.